The molecule has 1 aliphatic heterocycles. The van der Waals surface area contributed by atoms with Crippen molar-refractivity contribution in [3.05, 3.63) is 42.0 Å². The monoisotopic (exact) mass is 736 g/mol. The number of imidazole rings is 1. The van der Waals surface area contributed by atoms with Gasteiger partial charge in [0.1, 0.15) is 17.7 Å². The highest BCUT2D eigenvalue weighted by atomic mass is 16.4. The van der Waals surface area contributed by atoms with E-state index in [1.165, 1.54) is 22.1 Å². The maximum Gasteiger partial charge on any atom is 0.404 e. The molecule has 3 aromatic rings. The van der Waals surface area contributed by atoms with Crippen molar-refractivity contribution in [2.75, 3.05) is 13.1 Å². The lowest BCUT2D eigenvalue weighted by molar-refractivity contribution is -0.142. The minimum absolute atomic E-state index is 0.00806. The van der Waals surface area contributed by atoms with E-state index >= 15 is 0 Å². The SMILES string of the molecule is CC(C)(O)c1cnnn1[C@H]1C[C@@H](C(=O)NC(CCCCNC(=O)O)C(=O)C(N)=O)N(C(=O)C(CC2CCCCC2)NC(=O)c2ccc3nc[nH]c3c2)C1. The number of aliphatic hydroxyl groups is 1. The zero-order valence-electron chi connectivity index (χ0n) is 29.9. The lowest BCUT2D eigenvalue weighted by Gasteiger charge is -2.32. The van der Waals surface area contributed by atoms with Crippen LogP contribution in [0.5, 0.6) is 0 Å². The number of hydrogen-bond acceptors (Lipinski definition) is 10. The second-order valence-electron chi connectivity index (χ2n) is 14.4. The molecule has 5 amide bonds. The fourth-order valence-corrected chi connectivity index (χ4v) is 7.31. The van der Waals surface area contributed by atoms with Crippen LogP contribution in [0.4, 0.5) is 4.79 Å². The second-order valence-corrected chi connectivity index (χ2v) is 14.4. The number of aromatic amines is 1. The van der Waals surface area contributed by atoms with Gasteiger partial charge in [0, 0.05) is 25.1 Å². The van der Waals surface area contributed by atoms with Crippen LogP contribution in [0.3, 0.4) is 0 Å². The first kappa shape index (κ1) is 38.8. The molecular formula is C35H48N10O8. The van der Waals surface area contributed by atoms with Crippen LogP contribution < -0.4 is 21.7 Å². The van der Waals surface area contributed by atoms with E-state index in [4.69, 9.17) is 10.8 Å². The van der Waals surface area contributed by atoms with Gasteiger partial charge in [-0.05, 0) is 63.6 Å². The molecule has 18 heteroatoms. The third-order valence-electron chi connectivity index (χ3n) is 10.1. The summed E-state index contributed by atoms with van der Waals surface area (Å²) >= 11 is 0. The molecule has 4 atom stereocenters. The van der Waals surface area contributed by atoms with Gasteiger partial charge in [-0.25, -0.2) is 14.5 Å². The standard InChI is InChI=1S/C35H48N10O8/c1-35(2,53)28-17-40-43-45(28)22-16-27(32(49)41-24(29(46)30(36)47)10-6-7-13-37-34(51)52)44(18-22)33(50)26(14-20-8-4-3-5-9-20)42-31(48)21-11-12-23-25(15-21)39-19-38-23/h11-12,15,17,19-20,22,24,26-27,37,53H,3-10,13-14,16,18H2,1-2H3,(H2,36,47)(H,38,39)(H,41,49)(H,42,48)(H,51,52)/t22-,24?,26?,27-/m0/s1. The van der Waals surface area contributed by atoms with Crippen LogP contribution in [-0.2, 0) is 24.8 Å². The molecule has 1 aliphatic carbocycles. The van der Waals surface area contributed by atoms with Gasteiger partial charge in [0.2, 0.25) is 17.6 Å². The summed E-state index contributed by atoms with van der Waals surface area (Å²) in [5.74, 6) is -3.83. The summed E-state index contributed by atoms with van der Waals surface area (Å²) in [7, 11) is 0. The number of primary amides is 1. The number of carboxylic acid groups (broad SMARTS) is 1. The highest BCUT2D eigenvalue weighted by molar-refractivity contribution is 6.37. The number of rotatable bonds is 16. The molecule has 53 heavy (non-hydrogen) atoms. The van der Waals surface area contributed by atoms with E-state index < -0.39 is 65.3 Å². The number of aromatic nitrogens is 5. The number of fused-ring (bicyclic) bond motifs is 1. The molecule has 1 saturated carbocycles. The largest absolute Gasteiger partial charge is 0.465 e. The van der Waals surface area contributed by atoms with Gasteiger partial charge in [-0.15, -0.1) is 5.10 Å². The fraction of sp³-hybridized carbons (Fsp3) is 0.571. The first-order valence-corrected chi connectivity index (χ1v) is 18.0. The van der Waals surface area contributed by atoms with Crippen molar-refractivity contribution < 1.29 is 39.0 Å². The van der Waals surface area contributed by atoms with Crippen LogP contribution in [0.15, 0.2) is 30.7 Å². The lowest BCUT2D eigenvalue weighted by Crippen LogP contribution is -2.56. The number of amides is 5. The molecule has 1 aromatic carbocycles. The van der Waals surface area contributed by atoms with Gasteiger partial charge in [-0.2, -0.15) is 0 Å². The molecule has 18 nitrogen and oxygen atoms in total. The van der Waals surface area contributed by atoms with E-state index in [2.05, 4.69) is 36.2 Å². The van der Waals surface area contributed by atoms with Crippen molar-refractivity contribution in [2.24, 2.45) is 11.7 Å². The Morgan fingerprint density at radius 2 is 1.81 bits per heavy atom. The van der Waals surface area contributed by atoms with Crippen LogP contribution in [0, 0.1) is 5.92 Å². The Balaban J connectivity index is 1.43. The number of ketones is 1. The van der Waals surface area contributed by atoms with Crippen molar-refractivity contribution >= 4 is 46.5 Å². The van der Waals surface area contributed by atoms with Crippen LogP contribution >= 0.6 is 0 Å². The number of Topliss-reactive ketones (excluding diaryl/α,β-unsaturated/α-hetero) is 1. The number of carbonyl (C=O) groups excluding carboxylic acids is 5. The number of carbonyl (C=O) groups is 6. The highest BCUT2D eigenvalue weighted by Gasteiger charge is 2.45. The maximum atomic E-state index is 14.7. The summed E-state index contributed by atoms with van der Waals surface area (Å²) in [6.07, 6.45) is 7.53. The number of hydrogen-bond donors (Lipinski definition) is 7. The lowest BCUT2D eigenvalue weighted by atomic mass is 9.84. The zero-order chi connectivity index (χ0) is 38.3. The summed E-state index contributed by atoms with van der Waals surface area (Å²) in [5, 5.41) is 35.6. The number of benzene rings is 1. The average Bonchev–Trinajstić information content (AvgIpc) is 3.90. The van der Waals surface area contributed by atoms with E-state index in [9.17, 15) is 33.9 Å². The minimum atomic E-state index is -1.36. The second kappa shape index (κ2) is 17.0. The summed E-state index contributed by atoms with van der Waals surface area (Å²) < 4.78 is 1.48. The van der Waals surface area contributed by atoms with Crippen LogP contribution in [-0.4, -0.2) is 107 Å². The van der Waals surface area contributed by atoms with Gasteiger partial charge in [-0.1, -0.05) is 37.3 Å². The summed E-state index contributed by atoms with van der Waals surface area (Å²) in [5.41, 5.74) is 5.97. The highest BCUT2D eigenvalue weighted by Crippen LogP contribution is 2.33. The Morgan fingerprint density at radius 3 is 2.51 bits per heavy atom. The van der Waals surface area contributed by atoms with E-state index in [1.807, 2.05) is 0 Å². The molecule has 1 saturated heterocycles. The first-order valence-electron chi connectivity index (χ1n) is 18.0. The molecule has 0 spiro atoms. The summed E-state index contributed by atoms with van der Waals surface area (Å²) in [6.45, 7) is 3.19. The van der Waals surface area contributed by atoms with Crippen molar-refractivity contribution in [2.45, 2.75) is 108 Å². The van der Waals surface area contributed by atoms with Gasteiger partial charge in [0.25, 0.3) is 11.8 Å². The number of nitrogens with one attached hydrogen (secondary N) is 4. The molecule has 2 fully saturated rings. The Hall–Kier alpha value is -5.39. The van der Waals surface area contributed by atoms with Gasteiger partial charge >= 0.3 is 6.09 Å². The summed E-state index contributed by atoms with van der Waals surface area (Å²) in [6, 6.07) is 0.850. The Bertz CT molecular complexity index is 1810. The van der Waals surface area contributed by atoms with E-state index in [-0.39, 0.29) is 38.3 Å². The van der Waals surface area contributed by atoms with E-state index in [1.54, 1.807) is 32.0 Å². The van der Waals surface area contributed by atoms with Gasteiger partial charge in [-0.3, -0.25) is 24.0 Å². The molecule has 8 N–H and O–H groups in total. The third kappa shape index (κ3) is 9.74. The molecule has 286 valence electrons. The normalized spacial score (nSPS) is 19.0. The number of nitrogens with zero attached hydrogens (tertiary/aromatic N) is 5. The number of nitrogens with two attached hydrogens (primary N) is 1. The van der Waals surface area contributed by atoms with Gasteiger partial charge < -0.3 is 41.8 Å². The van der Waals surface area contributed by atoms with Crippen LogP contribution in [0.1, 0.15) is 100 Å². The molecule has 0 radical (unpaired) electrons. The van der Waals surface area contributed by atoms with E-state index in [0.29, 0.717) is 35.1 Å². The zero-order valence-corrected chi connectivity index (χ0v) is 29.9. The predicted molar refractivity (Wildman–Crippen MR) is 189 cm³/mol. The molecule has 2 aromatic heterocycles. The fourth-order valence-electron chi connectivity index (χ4n) is 7.31. The van der Waals surface area contributed by atoms with Crippen LogP contribution in [0.25, 0.3) is 11.0 Å². The van der Waals surface area contributed by atoms with Crippen molar-refractivity contribution in [3.8, 4) is 0 Å². The smallest absolute Gasteiger partial charge is 0.404 e. The Labute approximate surface area is 305 Å². The molecular weight excluding hydrogens is 688 g/mol. The van der Waals surface area contributed by atoms with E-state index in [0.717, 1.165) is 32.1 Å². The maximum absolute atomic E-state index is 14.7. The van der Waals surface area contributed by atoms with Crippen LogP contribution in [0.2, 0.25) is 0 Å². The minimum Gasteiger partial charge on any atom is -0.465 e. The quantitative estimate of drug-likeness (QED) is 0.0813. The Kier molecular flexibility index (Phi) is 12.4. The number of unbranched alkanes of at least 4 members (excludes halogenated alkanes) is 1. The third-order valence-corrected chi connectivity index (χ3v) is 10.1. The molecule has 2 aliphatic rings. The number of likely N-dealkylation sites (tertiary alicyclic amines) is 1. The van der Waals surface area contributed by atoms with Crippen molar-refractivity contribution in [1.82, 2.24) is 45.8 Å². The molecule has 0 bridgehead atoms. The molecule has 2 unspecified atom stereocenters. The van der Waals surface area contributed by atoms with Crippen molar-refractivity contribution in [3.63, 3.8) is 0 Å². The molecule has 5 rings (SSSR count). The summed E-state index contributed by atoms with van der Waals surface area (Å²) in [4.78, 5) is 86.8. The topological polar surface area (TPSA) is 268 Å². The van der Waals surface area contributed by atoms with Gasteiger partial charge in [0.15, 0.2) is 0 Å². The average molecular weight is 737 g/mol. The van der Waals surface area contributed by atoms with Crippen molar-refractivity contribution in [1.29, 1.82) is 0 Å². The molecule has 3 heterocycles. The Morgan fingerprint density at radius 1 is 1.06 bits per heavy atom. The first-order chi connectivity index (χ1) is 25.2. The number of H-pyrrole nitrogens is 1. The predicted octanol–water partition coefficient (Wildman–Crippen LogP) is 1.27. The van der Waals surface area contributed by atoms with Gasteiger partial charge in [0.05, 0.1) is 41.3 Å².